The molecule has 0 heterocycles. The van der Waals surface area contributed by atoms with Crippen LogP contribution < -0.4 is 0 Å². The minimum atomic E-state index is -0.209. The summed E-state index contributed by atoms with van der Waals surface area (Å²) in [5.41, 5.74) is 0. The third kappa shape index (κ3) is 11.3. The molecule has 0 aromatic heterocycles. The van der Waals surface area contributed by atoms with Crippen LogP contribution in [0.2, 0.25) is 0 Å². The van der Waals surface area contributed by atoms with Crippen LogP contribution in [0.25, 0.3) is 0 Å². The van der Waals surface area contributed by atoms with Crippen LogP contribution in [-0.2, 0) is 14.3 Å². The lowest BCUT2D eigenvalue weighted by atomic mass is 10.1. The normalized spacial score (nSPS) is 11.0. The molecule has 0 N–H and O–H groups in total. The Kier molecular flexibility index (Phi) is 11.0. The first-order valence-electron chi connectivity index (χ1n) is 8.30. The molecule has 0 saturated carbocycles. The van der Waals surface area contributed by atoms with Crippen molar-refractivity contribution < 1.29 is 14.3 Å². The molecule has 0 aliphatic heterocycles. The van der Waals surface area contributed by atoms with Gasteiger partial charge in [0.05, 0.1) is 13.0 Å². The summed E-state index contributed by atoms with van der Waals surface area (Å²) in [6, 6.07) is 0. The van der Waals surface area contributed by atoms with Gasteiger partial charge in [-0.15, -0.1) is 0 Å². The van der Waals surface area contributed by atoms with Crippen LogP contribution in [0.5, 0.6) is 0 Å². The molecule has 124 valence electrons. The van der Waals surface area contributed by atoms with E-state index in [9.17, 15) is 9.59 Å². The number of carbonyl (C=O) groups is 2. The Hall–Kier alpha value is -1.06. The molecule has 0 radical (unpaired) electrons. The molecule has 0 aliphatic rings. The zero-order valence-electron chi connectivity index (χ0n) is 14.5. The Balaban J connectivity index is 4.22. The Morgan fingerprint density at radius 1 is 1.00 bits per heavy atom. The van der Waals surface area contributed by atoms with E-state index in [4.69, 9.17) is 4.74 Å². The smallest absolute Gasteiger partial charge is 0.307 e. The second kappa shape index (κ2) is 11.6. The lowest BCUT2D eigenvalue weighted by Gasteiger charge is -2.24. The molecule has 0 saturated heterocycles. The summed E-state index contributed by atoms with van der Waals surface area (Å²) >= 11 is 0. The number of ether oxygens (including phenoxy) is 1. The number of esters is 1. The maximum atomic E-state index is 12.2. The van der Waals surface area contributed by atoms with Crippen LogP contribution in [0.4, 0.5) is 0 Å². The largest absolute Gasteiger partial charge is 0.465 e. The Morgan fingerprint density at radius 2 is 1.67 bits per heavy atom. The van der Waals surface area contributed by atoms with E-state index < -0.39 is 0 Å². The molecule has 4 heteroatoms. The fourth-order valence-corrected chi connectivity index (χ4v) is 2.00. The monoisotopic (exact) mass is 299 g/mol. The molecule has 1 amide bonds. The number of hydrogen-bond donors (Lipinski definition) is 0. The van der Waals surface area contributed by atoms with Gasteiger partial charge >= 0.3 is 5.97 Å². The van der Waals surface area contributed by atoms with Crippen LogP contribution in [0.3, 0.4) is 0 Å². The molecule has 0 atom stereocenters. The van der Waals surface area contributed by atoms with Crippen molar-refractivity contribution in [3.8, 4) is 0 Å². The summed E-state index contributed by atoms with van der Waals surface area (Å²) in [7, 11) is 0. The summed E-state index contributed by atoms with van der Waals surface area (Å²) < 4.78 is 5.16. The van der Waals surface area contributed by atoms with E-state index in [1.165, 1.54) is 0 Å². The van der Waals surface area contributed by atoms with E-state index in [2.05, 4.69) is 20.8 Å². The second-order valence-electron chi connectivity index (χ2n) is 6.52. The zero-order valence-corrected chi connectivity index (χ0v) is 14.5. The number of carbonyl (C=O) groups excluding carboxylic acids is 2. The minimum Gasteiger partial charge on any atom is -0.465 e. The summed E-state index contributed by atoms with van der Waals surface area (Å²) in [6.07, 6.45) is 4.00. The molecule has 21 heavy (non-hydrogen) atoms. The summed E-state index contributed by atoms with van der Waals surface area (Å²) in [5.74, 6) is 0.704. The van der Waals surface area contributed by atoms with E-state index >= 15 is 0 Å². The molecule has 0 bridgehead atoms. The molecular weight excluding hydrogens is 266 g/mol. The molecular formula is C17H33NO3. The SMILES string of the molecule is CCCCCC(=O)N(CCC(=O)OCC(C)C)CC(C)C. The van der Waals surface area contributed by atoms with Crippen LogP contribution in [0.1, 0.15) is 66.7 Å². The maximum absolute atomic E-state index is 12.2. The molecule has 4 nitrogen and oxygen atoms in total. The fraction of sp³-hybridized carbons (Fsp3) is 0.882. The Labute approximate surface area is 130 Å². The highest BCUT2D eigenvalue weighted by Crippen LogP contribution is 2.08. The quantitative estimate of drug-likeness (QED) is 0.432. The number of rotatable bonds is 11. The lowest BCUT2D eigenvalue weighted by molar-refractivity contribution is -0.145. The van der Waals surface area contributed by atoms with Gasteiger partial charge in [0.1, 0.15) is 0 Å². The lowest BCUT2D eigenvalue weighted by Crippen LogP contribution is -2.36. The van der Waals surface area contributed by atoms with Crippen LogP contribution >= 0.6 is 0 Å². The third-order valence-electron chi connectivity index (χ3n) is 3.10. The third-order valence-corrected chi connectivity index (χ3v) is 3.10. The van der Waals surface area contributed by atoms with Crippen LogP contribution in [0, 0.1) is 11.8 Å². The summed E-state index contributed by atoms with van der Waals surface area (Å²) in [4.78, 5) is 25.7. The van der Waals surface area contributed by atoms with Crippen molar-refractivity contribution in [1.82, 2.24) is 4.90 Å². The van der Waals surface area contributed by atoms with Crippen molar-refractivity contribution in [2.24, 2.45) is 11.8 Å². The van der Waals surface area contributed by atoms with Crippen molar-refractivity contribution in [2.45, 2.75) is 66.7 Å². The van der Waals surface area contributed by atoms with E-state index in [1.807, 2.05) is 18.7 Å². The number of amides is 1. The van der Waals surface area contributed by atoms with Crippen LogP contribution in [-0.4, -0.2) is 36.5 Å². The van der Waals surface area contributed by atoms with E-state index in [0.29, 0.717) is 44.4 Å². The minimum absolute atomic E-state index is 0.161. The second-order valence-corrected chi connectivity index (χ2v) is 6.52. The summed E-state index contributed by atoms with van der Waals surface area (Å²) in [5, 5.41) is 0. The molecule has 0 fully saturated rings. The highest BCUT2D eigenvalue weighted by atomic mass is 16.5. The average Bonchev–Trinajstić information content (AvgIpc) is 2.40. The highest BCUT2D eigenvalue weighted by molar-refractivity contribution is 5.77. The number of hydrogen-bond acceptors (Lipinski definition) is 3. The van der Waals surface area contributed by atoms with Gasteiger partial charge < -0.3 is 9.64 Å². The van der Waals surface area contributed by atoms with Crippen molar-refractivity contribution >= 4 is 11.9 Å². The molecule has 0 aromatic rings. The standard InChI is InChI=1S/C17H33NO3/c1-6-7-8-9-16(19)18(12-14(2)3)11-10-17(20)21-13-15(4)5/h14-15H,6-13H2,1-5H3. The molecule has 0 aromatic carbocycles. The van der Waals surface area contributed by atoms with Crippen molar-refractivity contribution in [2.75, 3.05) is 19.7 Å². The Bertz CT molecular complexity index is 300. The van der Waals surface area contributed by atoms with Gasteiger partial charge in [0.2, 0.25) is 5.91 Å². The molecule has 0 aliphatic carbocycles. The van der Waals surface area contributed by atoms with E-state index in [0.717, 1.165) is 19.3 Å². The predicted molar refractivity (Wildman–Crippen MR) is 86.0 cm³/mol. The van der Waals surface area contributed by atoms with Gasteiger partial charge in [0.25, 0.3) is 0 Å². The van der Waals surface area contributed by atoms with Crippen LogP contribution in [0.15, 0.2) is 0 Å². The zero-order chi connectivity index (χ0) is 16.3. The predicted octanol–water partition coefficient (Wildman–Crippen LogP) is 3.64. The maximum Gasteiger partial charge on any atom is 0.307 e. The first kappa shape index (κ1) is 19.9. The van der Waals surface area contributed by atoms with Gasteiger partial charge in [0.15, 0.2) is 0 Å². The first-order valence-corrected chi connectivity index (χ1v) is 8.30. The Morgan fingerprint density at radius 3 is 2.19 bits per heavy atom. The van der Waals surface area contributed by atoms with Gasteiger partial charge in [-0.25, -0.2) is 0 Å². The van der Waals surface area contributed by atoms with Gasteiger partial charge in [-0.05, 0) is 18.3 Å². The van der Waals surface area contributed by atoms with Gasteiger partial charge in [-0.3, -0.25) is 9.59 Å². The van der Waals surface area contributed by atoms with Crippen molar-refractivity contribution in [3.63, 3.8) is 0 Å². The molecule has 0 rings (SSSR count). The highest BCUT2D eigenvalue weighted by Gasteiger charge is 2.16. The average molecular weight is 299 g/mol. The van der Waals surface area contributed by atoms with E-state index in [1.54, 1.807) is 0 Å². The first-order chi connectivity index (χ1) is 9.86. The van der Waals surface area contributed by atoms with Gasteiger partial charge in [0, 0.05) is 19.5 Å². The van der Waals surface area contributed by atoms with Gasteiger partial charge in [-0.2, -0.15) is 0 Å². The number of nitrogens with zero attached hydrogens (tertiary/aromatic N) is 1. The number of unbranched alkanes of at least 4 members (excludes halogenated alkanes) is 2. The molecule has 0 unspecified atom stereocenters. The summed E-state index contributed by atoms with van der Waals surface area (Å²) in [6.45, 7) is 12.0. The fourth-order valence-electron chi connectivity index (χ4n) is 2.00. The topological polar surface area (TPSA) is 46.6 Å². The van der Waals surface area contributed by atoms with Crippen molar-refractivity contribution in [3.05, 3.63) is 0 Å². The van der Waals surface area contributed by atoms with Gasteiger partial charge in [-0.1, -0.05) is 47.5 Å². The molecule has 0 spiro atoms. The van der Waals surface area contributed by atoms with Crippen molar-refractivity contribution in [1.29, 1.82) is 0 Å². The van der Waals surface area contributed by atoms with E-state index in [-0.39, 0.29) is 11.9 Å².